The first-order chi connectivity index (χ1) is 10.2. The summed E-state index contributed by atoms with van der Waals surface area (Å²) in [5.74, 6) is 0.713. The maximum atomic E-state index is 12.9. The van der Waals surface area contributed by atoms with Crippen molar-refractivity contribution in [2.75, 3.05) is 25.5 Å². The summed E-state index contributed by atoms with van der Waals surface area (Å²) in [6.45, 7) is 2.64. The van der Waals surface area contributed by atoms with Crippen molar-refractivity contribution in [2.24, 2.45) is 11.3 Å². The normalized spacial score (nSPS) is 28.1. The second-order valence-corrected chi connectivity index (χ2v) is 6.41. The number of hydrogen-bond donors (Lipinski definition) is 3. The Morgan fingerprint density at radius 1 is 1.43 bits per heavy atom. The molecule has 1 aliphatic carbocycles. The average Bonchev–Trinajstić information content (AvgIpc) is 2.93. The highest BCUT2D eigenvalue weighted by atomic mass is 16.2. The SMILES string of the molecule is CNCc1cccc(NC(=O)[C@@]23CCCC[C@H]2CNC3)c1. The maximum absolute atomic E-state index is 12.9. The molecule has 2 fully saturated rings. The van der Waals surface area contributed by atoms with E-state index in [4.69, 9.17) is 0 Å². The molecule has 1 aromatic carbocycles. The van der Waals surface area contributed by atoms with E-state index in [1.54, 1.807) is 0 Å². The summed E-state index contributed by atoms with van der Waals surface area (Å²) < 4.78 is 0. The zero-order valence-corrected chi connectivity index (χ0v) is 12.7. The fourth-order valence-electron chi connectivity index (χ4n) is 3.91. The summed E-state index contributed by atoms with van der Waals surface area (Å²) in [7, 11) is 1.93. The number of fused-ring (bicyclic) bond motifs is 1. The first-order valence-corrected chi connectivity index (χ1v) is 8.00. The predicted molar refractivity (Wildman–Crippen MR) is 85.1 cm³/mol. The molecule has 0 bridgehead atoms. The van der Waals surface area contributed by atoms with Crippen LogP contribution < -0.4 is 16.0 Å². The minimum absolute atomic E-state index is 0.183. The van der Waals surface area contributed by atoms with Gasteiger partial charge in [-0.2, -0.15) is 0 Å². The van der Waals surface area contributed by atoms with Crippen LogP contribution in [0.1, 0.15) is 31.2 Å². The fourth-order valence-corrected chi connectivity index (χ4v) is 3.91. The van der Waals surface area contributed by atoms with E-state index in [0.717, 1.165) is 31.7 Å². The van der Waals surface area contributed by atoms with E-state index in [0.29, 0.717) is 5.92 Å². The van der Waals surface area contributed by atoms with Gasteiger partial charge in [-0.15, -0.1) is 0 Å². The van der Waals surface area contributed by atoms with Crippen LogP contribution in [0.15, 0.2) is 24.3 Å². The van der Waals surface area contributed by atoms with E-state index < -0.39 is 0 Å². The Balaban J connectivity index is 1.75. The maximum Gasteiger partial charge on any atom is 0.232 e. The van der Waals surface area contributed by atoms with E-state index >= 15 is 0 Å². The first kappa shape index (κ1) is 14.5. The molecule has 0 aromatic heterocycles. The number of carbonyl (C=O) groups excluding carboxylic acids is 1. The molecular weight excluding hydrogens is 262 g/mol. The van der Waals surface area contributed by atoms with Crippen molar-refractivity contribution in [3.63, 3.8) is 0 Å². The van der Waals surface area contributed by atoms with E-state index in [9.17, 15) is 4.79 Å². The number of nitrogens with one attached hydrogen (secondary N) is 3. The lowest BCUT2D eigenvalue weighted by molar-refractivity contribution is -0.128. The van der Waals surface area contributed by atoms with Gasteiger partial charge in [0.25, 0.3) is 0 Å². The molecule has 0 spiro atoms. The molecule has 3 rings (SSSR count). The van der Waals surface area contributed by atoms with Crippen LogP contribution in [0, 0.1) is 11.3 Å². The third-order valence-electron chi connectivity index (χ3n) is 5.06. The topological polar surface area (TPSA) is 53.2 Å². The van der Waals surface area contributed by atoms with Crippen molar-refractivity contribution in [1.82, 2.24) is 10.6 Å². The summed E-state index contributed by atoms with van der Waals surface area (Å²) in [5.41, 5.74) is 1.92. The molecule has 0 unspecified atom stereocenters. The molecule has 2 aliphatic rings. The molecule has 114 valence electrons. The van der Waals surface area contributed by atoms with Gasteiger partial charge in [0.15, 0.2) is 0 Å². The van der Waals surface area contributed by atoms with Crippen molar-refractivity contribution in [1.29, 1.82) is 0 Å². The van der Waals surface area contributed by atoms with Gasteiger partial charge >= 0.3 is 0 Å². The predicted octanol–water partition coefficient (Wildman–Crippen LogP) is 2.12. The van der Waals surface area contributed by atoms with E-state index in [1.165, 1.54) is 24.8 Å². The van der Waals surface area contributed by atoms with Crippen LogP contribution >= 0.6 is 0 Å². The van der Waals surface area contributed by atoms with Crippen LogP contribution in [0.5, 0.6) is 0 Å². The van der Waals surface area contributed by atoms with Gasteiger partial charge in [0.2, 0.25) is 5.91 Å². The lowest BCUT2D eigenvalue weighted by atomic mass is 9.67. The molecule has 1 saturated heterocycles. The molecule has 1 aromatic rings. The van der Waals surface area contributed by atoms with Gasteiger partial charge in [0.05, 0.1) is 5.41 Å². The third kappa shape index (κ3) is 2.83. The van der Waals surface area contributed by atoms with Gasteiger partial charge in [-0.25, -0.2) is 0 Å². The molecule has 4 heteroatoms. The molecule has 21 heavy (non-hydrogen) atoms. The molecule has 0 radical (unpaired) electrons. The van der Waals surface area contributed by atoms with Crippen molar-refractivity contribution >= 4 is 11.6 Å². The first-order valence-electron chi connectivity index (χ1n) is 8.00. The molecule has 3 N–H and O–H groups in total. The van der Waals surface area contributed by atoms with Crippen molar-refractivity contribution in [3.05, 3.63) is 29.8 Å². The van der Waals surface area contributed by atoms with Crippen molar-refractivity contribution < 1.29 is 4.79 Å². The van der Waals surface area contributed by atoms with Gasteiger partial charge in [-0.1, -0.05) is 25.0 Å². The Morgan fingerprint density at radius 2 is 2.33 bits per heavy atom. The number of carbonyl (C=O) groups is 1. The highest BCUT2D eigenvalue weighted by molar-refractivity contribution is 5.96. The average molecular weight is 287 g/mol. The Hall–Kier alpha value is -1.39. The number of rotatable bonds is 4. The Morgan fingerprint density at radius 3 is 3.19 bits per heavy atom. The van der Waals surface area contributed by atoms with Crippen LogP contribution in [-0.4, -0.2) is 26.0 Å². The standard InChI is InChI=1S/C17H25N3O/c1-18-10-13-5-4-7-15(9-13)20-16(21)17-8-3-2-6-14(17)11-19-12-17/h4-5,7,9,14,18-19H,2-3,6,8,10-12H2,1H3,(H,20,21)/t14-,17+/m0/s1. The minimum Gasteiger partial charge on any atom is -0.326 e. The largest absolute Gasteiger partial charge is 0.326 e. The highest BCUT2D eigenvalue weighted by Crippen LogP contribution is 2.44. The van der Waals surface area contributed by atoms with Crippen molar-refractivity contribution in [2.45, 2.75) is 32.2 Å². The number of amides is 1. The number of hydrogen-bond acceptors (Lipinski definition) is 3. The van der Waals surface area contributed by atoms with Gasteiger partial charge < -0.3 is 16.0 Å². The van der Waals surface area contributed by atoms with Gasteiger partial charge in [0.1, 0.15) is 0 Å². The van der Waals surface area contributed by atoms with E-state index in [1.807, 2.05) is 19.2 Å². The smallest absolute Gasteiger partial charge is 0.232 e. The molecule has 2 atom stereocenters. The number of anilines is 1. The minimum atomic E-state index is -0.183. The zero-order valence-electron chi connectivity index (χ0n) is 12.7. The van der Waals surface area contributed by atoms with Gasteiger partial charge in [0, 0.05) is 18.8 Å². The lowest BCUT2D eigenvalue weighted by Crippen LogP contribution is -2.44. The summed E-state index contributed by atoms with van der Waals surface area (Å²) in [6, 6.07) is 8.12. The second kappa shape index (κ2) is 6.16. The zero-order chi connectivity index (χ0) is 14.7. The fraction of sp³-hybridized carbons (Fsp3) is 0.588. The highest BCUT2D eigenvalue weighted by Gasteiger charge is 2.49. The molecule has 1 aliphatic heterocycles. The van der Waals surface area contributed by atoms with Crippen LogP contribution in [-0.2, 0) is 11.3 Å². The lowest BCUT2D eigenvalue weighted by Gasteiger charge is -2.37. The van der Waals surface area contributed by atoms with Gasteiger partial charge in [-0.3, -0.25) is 4.79 Å². The molecule has 1 amide bonds. The summed E-state index contributed by atoms with van der Waals surface area (Å²) >= 11 is 0. The van der Waals surface area contributed by atoms with Crippen molar-refractivity contribution in [3.8, 4) is 0 Å². The molecular formula is C17H25N3O. The van der Waals surface area contributed by atoms with E-state index in [2.05, 4.69) is 28.1 Å². The van der Waals surface area contributed by atoms with Crippen LogP contribution in [0.25, 0.3) is 0 Å². The quantitative estimate of drug-likeness (QED) is 0.795. The Bertz CT molecular complexity index is 517. The monoisotopic (exact) mass is 287 g/mol. The second-order valence-electron chi connectivity index (χ2n) is 6.41. The number of benzene rings is 1. The molecule has 1 saturated carbocycles. The summed E-state index contributed by atoms with van der Waals surface area (Å²) in [6.07, 6.45) is 4.64. The van der Waals surface area contributed by atoms with Crippen LogP contribution in [0.2, 0.25) is 0 Å². The van der Waals surface area contributed by atoms with E-state index in [-0.39, 0.29) is 11.3 Å². The molecule has 1 heterocycles. The van der Waals surface area contributed by atoms with Crippen LogP contribution in [0.3, 0.4) is 0 Å². The summed E-state index contributed by atoms with van der Waals surface area (Å²) in [5, 5.41) is 9.74. The summed E-state index contributed by atoms with van der Waals surface area (Å²) in [4.78, 5) is 12.9. The van der Waals surface area contributed by atoms with Gasteiger partial charge in [-0.05, 0) is 50.0 Å². The third-order valence-corrected chi connectivity index (χ3v) is 5.06. The molecule has 4 nitrogen and oxygen atoms in total. The van der Waals surface area contributed by atoms with Crippen LogP contribution in [0.4, 0.5) is 5.69 Å². The Labute approximate surface area is 126 Å². The Kier molecular flexibility index (Phi) is 4.27.